The molecule has 0 atom stereocenters. The van der Waals surface area contributed by atoms with Crippen molar-refractivity contribution in [2.75, 3.05) is 26.2 Å². The predicted molar refractivity (Wildman–Crippen MR) is 80.5 cm³/mol. The summed E-state index contributed by atoms with van der Waals surface area (Å²) >= 11 is 11.9. The first-order valence-corrected chi connectivity index (χ1v) is 7.82. The normalized spacial score (nSPS) is 23.3. The van der Waals surface area contributed by atoms with Crippen LogP contribution in [0.15, 0.2) is 18.2 Å². The number of ether oxygens (including phenoxy) is 1. The molecule has 0 amide bonds. The van der Waals surface area contributed by atoms with Gasteiger partial charge in [0.1, 0.15) is 5.75 Å². The molecule has 0 unspecified atom stereocenters. The van der Waals surface area contributed by atoms with Gasteiger partial charge in [-0.2, -0.15) is 0 Å². The summed E-state index contributed by atoms with van der Waals surface area (Å²) in [6.45, 7) is 6.88. The monoisotopic (exact) mass is 302 g/mol. The highest BCUT2D eigenvalue weighted by Crippen LogP contribution is 2.27. The first-order valence-electron chi connectivity index (χ1n) is 7.06. The van der Waals surface area contributed by atoms with Gasteiger partial charge in [0.15, 0.2) is 0 Å². The highest BCUT2D eigenvalue weighted by atomic mass is 35.5. The summed E-state index contributed by atoms with van der Waals surface area (Å²) in [5.41, 5.74) is 0. The van der Waals surface area contributed by atoms with Crippen molar-refractivity contribution in [3.8, 4) is 5.75 Å². The summed E-state index contributed by atoms with van der Waals surface area (Å²) in [6, 6.07) is 5.36. The fourth-order valence-corrected chi connectivity index (χ4v) is 2.98. The molecule has 0 spiro atoms. The molecular formula is C15H22Cl2NO+. The number of piperidine rings is 1. The molecule has 106 valence electrons. The van der Waals surface area contributed by atoms with Crippen molar-refractivity contribution < 1.29 is 9.64 Å². The number of halogens is 2. The summed E-state index contributed by atoms with van der Waals surface area (Å²) in [7, 11) is 0. The van der Waals surface area contributed by atoms with Gasteiger partial charge in [0.05, 0.1) is 31.3 Å². The Bertz CT molecular complexity index is 403. The third kappa shape index (κ3) is 4.87. The first-order chi connectivity index (χ1) is 9.15. The van der Waals surface area contributed by atoms with Crippen molar-refractivity contribution in [2.24, 2.45) is 5.92 Å². The van der Waals surface area contributed by atoms with E-state index in [2.05, 4.69) is 6.92 Å². The van der Waals surface area contributed by atoms with Gasteiger partial charge in [0.2, 0.25) is 0 Å². The minimum atomic E-state index is 0.589. The van der Waals surface area contributed by atoms with Gasteiger partial charge in [-0.25, -0.2) is 0 Å². The molecule has 1 aromatic rings. The Kier molecular flexibility index (Phi) is 5.80. The van der Waals surface area contributed by atoms with E-state index < -0.39 is 0 Å². The van der Waals surface area contributed by atoms with Crippen molar-refractivity contribution in [2.45, 2.75) is 26.2 Å². The van der Waals surface area contributed by atoms with Crippen LogP contribution >= 0.6 is 23.2 Å². The second-order valence-electron chi connectivity index (χ2n) is 5.46. The topological polar surface area (TPSA) is 13.7 Å². The Morgan fingerprint density at radius 3 is 2.68 bits per heavy atom. The van der Waals surface area contributed by atoms with Gasteiger partial charge in [-0.05, 0) is 37.0 Å². The van der Waals surface area contributed by atoms with Gasteiger partial charge in [-0.15, -0.1) is 0 Å². The van der Waals surface area contributed by atoms with E-state index in [0.29, 0.717) is 10.0 Å². The van der Waals surface area contributed by atoms with Crippen LogP contribution in [-0.2, 0) is 0 Å². The van der Waals surface area contributed by atoms with Gasteiger partial charge >= 0.3 is 0 Å². The molecule has 0 radical (unpaired) electrons. The zero-order valence-corrected chi connectivity index (χ0v) is 12.9. The summed E-state index contributed by atoms with van der Waals surface area (Å²) in [4.78, 5) is 1.71. The number of likely N-dealkylation sites (tertiary alicyclic amines) is 1. The molecule has 2 nitrogen and oxygen atoms in total. The van der Waals surface area contributed by atoms with Crippen molar-refractivity contribution in [3.05, 3.63) is 28.2 Å². The predicted octanol–water partition coefficient (Wildman–Crippen LogP) is 3.08. The lowest BCUT2D eigenvalue weighted by atomic mass is 9.99. The van der Waals surface area contributed by atoms with E-state index in [0.717, 1.165) is 24.7 Å². The molecular weight excluding hydrogens is 281 g/mol. The van der Waals surface area contributed by atoms with Crippen LogP contribution in [0.5, 0.6) is 5.75 Å². The Labute approximate surface area is 125 Å². The molecule has 1 heterocycles. The smallest absolute Gasteiger partial charge is 0.137 e. The highest BCUT2D eigenvalue weighted by Gasteiger charge is 2.18. The number of benzene rings is 1. The van der Waals surface area contributed by atoms with Gasteiger partial charge in [-0.1, -0.05) is 30.1 Å². The van der Waals surface area contributed by atoms with Crippen LogP contribution in [0.3, 0.4) is 0 Å². The molecule has 1 aliphatic heterocycles. The lowest BCUT2D eigenvalue weighted by Crippen LogP contribution is -3.13. The summed E-state index contributed by atoms with van der Waals surface area (Å²) in [5, 5.41) is 1.23. The third-order valence-electron chi connectivity index (χ3n) is 3.81. The van der Waals surface area contributed by atoms with Crippen LogP contribution in [0.4, 0.5) is 0 Å². The molecule has 0 aliphatic carbocycles. The van der Waals surface area contributed by atoms with Crippen molar-refractivity contribution in [1.82, 2.24) is 0 Å². The third-order valence-corrected chi connectivity index (χ3v) is 4.34. The molecule has 0 saturated carbocycles. The molecule has 1 fully saturated rings. The second-order valence-corrected chi connectivity index (χ2v) is 6.30. The second kappa shape index (κ2) is 7.37. The molecule has 1 saturated heterocycles. The molecule has 0 bridgehead atoms. The van der Waals surface area contributed by atoms with Crippen LogP contribution in [0, 0.1) is 5.92 Å². The standard InChI is InChI=1S/C15H21Cl2NO/c1-12-5-8-18(9-6-12)7-2-10-19-15-4-3-13(16)11-14(15)17/h3-4,11-12H,2,5-10H2,1H3/p+1. The van der Waals surface area contributed by atoms with E-state index in [-0.39, 0.29) is 0 Å². The molecule has 1 N–H and O–H groups in total. The van der Waals surface area contributed by atoms with Crippen molar-refractivity contribution >= 4 is 23.2 Å². The fourth-order valence-electron chi connectivity index (χ4n) is 2.52. The molecule has 4 heteroatoms. The SMILES string of the molecule is CC1CC[NH+](CCCOc2ccc(Cl)cc2Cl)CC1. The van der Waals surface area contributed by atoms with Crippen LogP contribution in [0.1, 0.15) is 26.2 Å². The Morgan fingerprint density at radius 1 is 1.26 bits per heavy atom. The number of nitrogens with one attached hydrogen (secondary N) is 1. The number of quaternary nitrogens is 1. The summed E-state index contributed by atoms with van der Waals surface area (Å²) < 4.78 is 5.70. The zero-order valence-electron chi connectivity index (χ0n) is 11.4. The van der Waals surface area contributed by atoms with Gasteiger partial charge in [0.25, 0.3) is 0 Å². The van der Waals surface area contributed by atoms with E-state index in [1.807, 2.05) is 6.07 Å². The summed E-state index contributed by atoms with van der Waals surface area (Å²) in [6.07, 6.45) is 3.79. The Balaban J connectivity index is 1.66. The average Bonchev–Trinajstić information content (AvgIpc) is 2.39. The first kappa shape index (κ1) is 15.0. The van der Waals surface area contributed by atoms with Gasteiger partial charge in [0, 0.05) is 11.4 Å². The van der Waals surface area contributed by atoms with E-state index in [4.69, 9.17) is 27.9 Å². The van der Waals surface area contributed by atoms with Crippen LogP contribution in [-0.4, -0.2) is 26.2 Å². The number of rotatable bonds is 5. The van der Waals surface area contributed by atoms with Crippen LogP contribution in [0.25, 0.3) is 0 Å². The van der Waals surface area contributed by atoms with E-state index in [1.54, 1.807) is 17.0 Å². The molecule has 0 aromatic heterocycles. The molecule has 19 heavy (non-hydrogen) atoms. The average molecular weight is 303 g/mol. The maximum atomic E-state index is 6.06. The molecule has 2 rings (SSSR count). The van der Waals surface area contributed by atoms with Crippen LogP contribution < -0.4 is 9.64 Å². The van der Waals surface area contributed by atoms with Crippen molar-refractivity contribution in [1.29, 1.82) is 0 Å². The lowest BCUT2D eigenvalue weighted by Gasteiger charge is -2.27. The minimum Gasteiger partial charge on any atom is -0.492 e. The maximum Gasteiger partial charge on any atom is 0.137 e. The van der Waals surface area contributed by atoms with Crippen molar-refractivity contribution in [3.63, 3.8) is 0 Å². The highest BCUT2D eigenvalue weighted by molar-refractivity contribution is 6.35. The summed E-state index contributed by atoms with van der Waals surface area (Å²) in [5.74, 6) is 1.64. The van der Waals surface area contributed by atoms with Crippen LogP contribution in [0.2, 0.25) is 10.0 Å². The number of hydrogen-bond acceptors (Lipinski definition) is 1. The molecule has 1 aromatic carbocycles. The minimum absolute atomic E-state index is 0.589. The van der Waals surface area contributed by atoms with E-state index in [9.17, 15) is 0 Å². The quantitative estimate of drug-likeness (QED) is 0.825. The lowest BCUT2D eigenvalue weighted by molar-refractivity contribution is -0.906. The Morgan fingerprint density at radius 2 is 2.00 bits per heavy atom. The largest absolute Gasteiger partial charge is 0.492 e. The van der Waals surface area contributed by atoms with E-state index >= 15 is 0 Å². The molecule has 1 aliphatic rings. The van der Waals surface area contributed by atoms with E-state index in [1.165, 1.54) is 32.5 Å². The van der Waals surface area contributed by atoms with Gasteiger partial charge in [-0.3, -0.25) is 0 Å². The maximum absolute atomic E-state index is 6.06. The zero-order chi connectivity index (χ0) is 13.7. The number of hydrogen-bond donors (Lipinski definition) is 1. The Hall–Kier alpha value is -0.440. The van der Waals surface area contributed by atoms with Gasteiger partial charge < -0.3 is 9.64 Å². The fraction of sp³-hybridized carbons (Fsp3) is 0.600.